The zero-order valence-electron chi connectivity index (χ0n) is 18.1. The second-order valence-corrected chi connectivity index (χ2v) is 8.00. The van der Waals surface area contributed by atoms with Crippen molar-refractivity contribution in [2.75, 3.05) is 19.1 Å². The van der Waals surface area contributed by atoms with E-state index in [0.29, 0.717) is 16.3 Å². The molecule has 0 unspecified atom stereocenters. The van der Waals surface area contributed by atoms with Gasteiger partial charge in [0.05, 0.1) is 19.0 Å². The summed E-state index contributed by atoms with van der Waals surface area (Å²) < 4.78 is 7.06. The molecule has 0 bridgehead atoms. The first-order valence-electron chi connectivity index (χ1n) is 10.2. The van der Waals surface area contributed by atoms with Crippen molar-refractivity contribution in [3.63, 3.8) is 0 Å². The normalized spacial score (nSPS) is 10.9. The predicted molar refractivity (Wildman–Crippen MR) is 128 cm³/mol. The average molecular weight is 447 g/mol. The van der Waals surface area contributed by atoms with Gasteiger partial charge in [-0.25, -0.2) is 0 Å². The molecule has 162 valence electrons. The number of benzene rings is 3. The molecule has 1 amide bonds. The van der Waals surface area contributed by atoms with Crippen LogP contribution < -0.4 is 9.64 Å². The van der Waals surface area contributed by atoms with Gasteiger partial charge in [-0.2, -0.15) is 0 Å². The molecule has 0 aliphatic rings. The molecule has 0 spiro atoms. The smallest absolute Gasteiger partial charge is 0.262 e. The first-order valence-corrected chi connectivity index (χ1v) is 10.6. The van der Waals surface area contributed by atoms with E-state index in [1.54, 1.807) is 47.9 Å². The molecule has 4 rings (SSSR count). The number of nitrogens with zero attached hydrogens (tertiary/aromatic N) is 2. The van der Waals surface area contributed by atoms with E-state index < -0.39 is 0 Å². The van der Waals surface area contributed by atoms with Crippen molar-refractivity contribution in [2.24, 2.45) is 0 Å². The van der Waals surface area contributed by atoms with Gasteiger partial charge < -0.3 is 9.64 Å². The minimum absolute atomic E-state index is 0.0693. The third kappa shape index (κ3) is 3.99. The molecule has 0 atom stereocenters. The lowest BCUT2D eigenvalue weighted by molar-refractivity contribution is -0.117. The largest absolute Gasteiger partial charge is 0.497 e. The molecule has 0 aliphatic carbocycles. The Hall–Kier alpha value is -3.57. The van der Waals surface area contributed by atoms with E-state index in [9.17, 15) is 9.59 Å². The lowest BCUT2D eigenvalue weighted by atomic mass is 10.1. The molecular weight excluding hydrogens is 424 g/mol. The van der Waals surface area contributed by atoms with Crippen LogP contribution >= 0.6 is 11.6 Å². The van der Waals surface area contributed by atoms with Crippen LogP contribution in [0.1, 0.15) is 21.6 Å². The number of likely N-dealkylation sites (N-methyl/N-ethyl adjacent to an activating group) is 1. The number of methoxy groups -OCH3 is 1. The highest BCUT2D eigenvalue weighted by atomic mass is 35.5. The third-order valence-electron chi connectivity index (χ3n) is 5.68. The van der Waals surface area contributed by atoms with Gasteiger partial charge in [0.1, 0.15) is 5.75 Å². The summed E-state index contributed by atoms with van der Waals surface area (Å²) in [5, 5.41) is 1.38. The summed E-state index contributed by atoms with van der Waals surface area (Å²) in [6.45, 7) is 1.87. The molecule has 0 saturated carbocycles. The Balaban J connectivity index is 1.80. The molecule has 0 N–H and O–H groups in total. The number of amides is 1. The number of para-hydroxylation sites is 1. The number of rotatable bonds is 5. The summed E-state index contributed by atoms with van der Waals surface area (Å²) in [6, 6.07) is 21.8. The predicted octanol–water partition coefficient (Wildman–Crippen LogP) is 5.51. The van der Waals surface area contributed by atoms with Crippen molar-refractivity contribution in [3.05, 3.63) is 94.6 Å². The molecule has 0 fully saturated rings. The third-order valence-corrected chi connectivity index (χ3v) is 5.93. The number of carbonyl (C=O) groups excluding carboxylic acids is 2. The molecule has 0 aliphatic heterocycles. The van der Waals surface area contributed by atoms with E-state index in [-0.39, 0.29) is 18.2 Å². The molecule has 0 saturated heterocycles. The van der Waals surface area contributed by atoms with E-state index in [2.05, 4.69) is 0 Å². The summed E-state index contributed by atoms with van der Waals surface area (Å²) in [4.78, 5) is 28.2. The Morgan fingerprint density at radius 2 is 1.69 bits per heavy atom. The van der Waals surface area contributed by atoms with E-state index in [1.807, 2.05) is 55.5 Å². The Labute approximate surface area is 191 Å². The Bertz CT molecular complexity index is 1290. The number of hydrogen-bond acceptors (Lipinski definition) is 3. The minimum Gasteiger partial charge on any atom is -0.497 e. The summed E-state index contributed by atoms with van der Waals surface area (Å²) in [6.07, 6.45) is 0.155. The SMILES string of the molecule is COc1ccc2c(c1)c(CC(=O)N(C)c1ccccc1)c(C)n2C(=O)c1ccc(Cl)cc1. The molecule has 6 heteroatoms. The zero-order chi connectivity index (χ0) is 22.8. The van der Waals surface area contributed by atoms with Gasteiger partial charge >= 0.3 is 0 Å². The van der Waals surface area contributed by atoms with Crippen molar-refractivity contribution in [3.8, 4) is 5.75 Å². The number of hydrogen-bond donors (Lipinski definition) is 0. The first-order chi connectivity index (χ1) is 15.4. The Morgan fingerprint density at radius 3 is 2.34 bits per heavy atom. The number of anilines is 1. The van der Waals surface area contributed by atoms with Crippen molar-refractivity contribution >= 4 is 40.0 Å². The summed E-state index contributed by atoms with van der Waals surface area (Å²) >= 11 is 5.99. The molecule has 32 heavy (non-hydrogen) atoms. The lowest BCUT2D eigenvalue weighted by Gasteiger charge is -2.17. The Kier molecular flexibility index (Phi) is 6.01. The standard InChI is InChI=1S/C26H23ClN2O3/c1-17-22(16-25(30)28(2)20-7-5-4-6-8-20)23-15-21(32-3)13-14-24(23)29(17)26(31)18-9-11-19(27)12-10-18/h4-15H,16H2,1-3H3. The van der Waals surface area contributed by atoms with Crippen LogP contribution in [0.5, 0.6) is 5.75 Å². The van der Waals surface area contributed by atoms with Crippen molar-refractivity contribution in [1.29, 1.82) is 0 Å². The summed E-state index contributed by atoms with van der Waals surface area (Å²) in [7, 11) is 3.35. The van der Waals surface area contributed by atoms with Gasteiger partial charge in [0.25, 0.3) is 5.91 Å². The quantitative estimate of drug-likeness (QED) is 0.406. The summed E-state index contributed by atoms with van der Waals surface area (Å²) in [5.41, 5.74) is 3.59. The highest BCUT2D eigenvalue weighted by molar-refractivity contribution is 6.30. The topological polar surface area (TPSA) is 51.5 Å². The molecule has 0 radical (unpaired) electrons. The number of halogens is 1. The number of carbonyl (C=O) groups is 2. The summed E-state index contributed by atoms with van der Waals surface area (Å²) in [5.74, 6) is 0.420. The van der Waals surface area contributed by atoms with Crippen molar-refractivity contribution in [2.45, 2.75) is 13.3 Å². The maximum absolute atomic E-state index is 13.4. The highest BCUT2D eigenvalue weighted by Gasteiger charge is 2.23. The monoisotopic (exact) mass is 446 g/mol. The van der Waals surface area contributed by atoms with Gasteiger partial charge in [-0.1, -0.05) is 29.8 Å². The fourth-order valence-electron chi connectivity index (χ4n) is 3.86. The zero-order valence-corrected chi connectivity index (χ0v) is 18.9. The number of ether oxygens (including phenoxy) is 1. The van der Waals surface area contributed by atoms with E-state index in [0.717, 1.165) is 27.8 Å². The molecule has 1 heterocycles. The van der Waals surface area contributed by atoms with Gasteiger partial charge in [-0.3, -0.25) is 14.2 Å². The van der Waals surface area contributed by atoms with Crippen LogP contribution in [0.2, 0.25) is 5.02 Å². The van der Waals surface area contributed by atoms with Crippen molar-refractivity contribution in [1.82, 2.24) is 4.57 Å². The van der Waals surface area contributed by atoms with Crippen LogP contribution in [0, 0.1) is 6.92 Å². The highest BCUT2D eigenvalue weighted by Crippen LogP contribution is 2.31. The fourth-order valence-corrected chi connectivity index (χ4v) is 3.99. The van der Waals surface area contributed by atoms with Crippen molar-refractivity contribution < 1.29 is 14.3 Å². The number of aromatic nitrogens is 1. The van der Waals surface area contributed by atoms with Crippen LogP contribution in [0.15, 0.2) is 72.8 Å². The maximum atomic E-state index is 13.4. The van der Waals surface area contributed by atoms with Gasteiger partial charge in [0, 0.05) is 34.4 Å². The van der Waals surface area contributed by atoms with Crippen LogP contribution in [-0.2, 0) is 11.2 Å². The molecule has 3 aromatic carbocycles. The minimum atomic E-state index is -0.176. The van der Waals surface area contributed by atoms with E-state index in [4.69, 9.17) is 16.3 Å². The second kappa shape index (κ2) is 8.89. The van der Waals surface area contributed by atoms with Gasteiger partial charge in [0.2, 0.25) is 5.91 Å². The molecule has 4 aromatic rings. The molecular formula is C26H23ClN2O3. The van der Waals surface area contributed by atoms with Gasteiger partial charge in [-0.05, 0) is 67.1 Å². The van der Waals surface area contributed by atoms with Crippen LogP contribution in [0.4, 0.5) is 5.69 Å². The van der Waals surface area contributed by atoms with E-state index >= 15 is 0 Å². The van der Waals surface area contributed by atoms with Crippen LogP contribution in [0.3, 0.4) is 0 Å². The second-order valence-electron chi connectivity index (χ2n) is 7.56. The number of fused-ring (bicyclic) bond motifs is 1. The lowest BCUT2D eigenvalue weighted by Crippen LogP contribution is -2.28. The maximum Gasteiger partial charge on any atom is 0.262 e. The van der Waals surface area contributed by atoms with Gasteiger partial charge in [-0.15, -0.1) is 0 Å². The van der Waals surface area contributed by atoms with Crippen LogP contribution in [0.25, 0.3) is 10.9 Å². The fraction of sp³-hybridized carbons (Fsp3) is 0.154. The first kappa shape index (κ1) is 21.7. The van der Waals surface area contributed by atoms with E-state index in [1.165, 1.54) is 0 Å². The van der Waals surface area contributed by atoms with Gasteiger partial charge in [0.15, 0.2) is 0 Å². The molecule has 5 nitrogen and oxygen atoms in total. The van der Waals surface area contributed by atoms with Crippen LogP contribution in [-0.4, -0.2) is 30.5 Å². The molecule has 1 aromatic heterocycles. The average Bonchev–Trinajstić information content (AvgIpc) is 3.09. The Morgan fingerprint density at radius 1 is 1.00 bits per heavy atom.